The van der Waals surface area contributed by atoms with Gasteiger partial charge in [0.2, 0.25) is 0 Å². The van der Waals surface area contributed by atoms with E-state index in [4.69, 9.17) is 10.4 Å². The Labute approximate surface area is 100 Å². The van der Waals surface area contributed by atoms with Gasteiger partial charge in [-0.05, 0) is 10.2 Å². The minimum atomic E-state index is -0.116. The summed E-state index contributed by atoms with van der Waals surface area (Å²) in [6, 6.07) is 4.02. The maximum atomic E-state index is 5.64. The fourth-order valence-electron chi connectivity index (χ4n) is 1.15. The molecule has 0 radical (unpaired) electrons. The number of hydrogen-bond acceptors (Lipinski definition) is 4. The average molecular weight is 239 g/mol. The monoisotopic (exact) mass is 239 g/mol. The summed E-state index contributed by atoms with van der Waals surface area (Å²) in [7, 11) is 0. The van der Waals surface area contributed by atoms with E-state index in [1.54, 1.807) is 17.4 Å². The summed E-state index contributed by atoms with van der Waals surface area (Å²) in [5, 5.41) is 2.02. The lowest BCUT2D eigenvalue weighted by Crippen LogP contribution is -2.34. The van der Waals surface area contributed by atoms with E-state index in [0.29, 0.717) is 13.2 Å². The average Bonchev–Trinajstić information content (AvgIpc) is 2.72. The number of rotatable bonds is 6. The molecule has 0 aromatic carbocycles. The lowest BCUT2D eigenvalue weighted by atomic mass is 9.65. The molecule has 2 N–H and O–H groups in total. The molecule has 1 aromatic heterocycles. The quantitative estimate of drug-likeness (QED) is 0.448. The molecule has 1 aromatic rings. The minimum absolute atomic E-state index is 0.116. The second kappa shape index (κ2) is 6.90. The predicted molar refractivity (Wildman–Crippen MR) is 72.0 cm³/mol. The lowest BCUT2D eigenvalue weighted by molar-refractivity contribution is 0.344. The lowest BCUT2D eigenvalue weighted by Gasteiger charge is -2.11. The molecule has 1 heterocycles. The SMILES string of the molecule is C=C/C=C(\S)B(OCCN)c1cccs1. The van der Waals surface area contributed by atoms with Crippen molar-refractivity contribution >= 4 is 35.7 Å². The van der Waals surface area contributed by atoms with Crippen LogP contribution in [-0.4, -0.2) is 20.1 Å². The van der Waals surface area contributed by atoms with E-state index in [2.05, 4.69) is 19.2 Å². The summed E-state index contributed by atoms with van der Waals surface area (Å²) in [5.74, 6) is 0. The molecule has 0 saturated carbocycles. The van der Waals surface area contributed by atoms with Crippen LogP contribution in [0.1, 0.15) is 0 Å². The Morgan fingerprint density at radius 2 is 2.53 bits per heavy atom. The van der Waals surface area contributed by atoms with Crippen LogP contribution in [0.3, 0.4) is 0 Å². The maximum absolute atomic E-state index is 5.64. The van der Waals surface area contributed by atoms with Gasteiger partial charge >= 0.3 is 6.92 Å². The fraction of sp³-hybridized carbons (Fsp3) is 0.200. The molecule has 0 bridgehead atoms. The van der Waals surface area contributed by atoms with Gasteiger partial charge in [-0.15, -0.1) is 0 Å². The molecule has 0 unspecified atom stereocenters. The first-order valence-electron chi connectivity index (χ1n) is 4.66. The molecule has 0 aliphatic rings. The topological polar surface area (TPSA) is 35.2 Å². The Hall–Kier alpha value is -0.485. The zero-order valence-electron chi connectivity index (χ0n) is 8.43. The van der Waals surface area contributed by atoms with Crippen molar-refractivity contribution in [3.8, 4) is 0 Å². The molecule has 0 aliphatic carbocycles. The third kappa shape index (κ3) is 3.87. The predicted octanol–water partition coefficient (Wildman–Crippen LogP) is 1.46. The fourth-order valence-corrected chi connectivity index (χ4v) is 2.34. The van der Waals surface area contributed by atoms with E-state index in [1.807, 2.05) is 23.6 Å². The smallest absolute Gasteiger partial charge is 0.378 e. The summed E-state index contributed by atoms with van der Waals surface area (Å²) in [6.45, 7) is 4.56. The van der Waals surface area contributed by atoms with Gasteiger partial charge in [-0.2, -0.15) is 24.0 Å². The highest BCUT2D eigenvalue weighted by Gasteiger charge is 2.22. The van der Waals surface area contributed by atoms with Crippen molar-refractivity contribution in [1.82, 2.24) is 0 Å². The molecule has 5 heteroatoms. The Morgan fingerprint density at radius 3 is 3.07 bits per heavy atom. The second-order valence-electron chi connectivity index (χ2n) is 2.88. The molecule has 1 rings (SSSR count). The third-order valence-corrected chi connectivity index (χ3v) is 3.06. The van der Waals surface area contributed by atoms with Crippen molar-refractivity contribution in [2.24, 2.45) is 5.73 Å². The van der Waals surface area contributed by atoms with Crippen LogP contribution >= 0.6 is 24.0 Å². The molecule has 15 heavy (non-hydrogen) atoms. The summed E-state index contributed by atoms with van der Waals surface area (Å²) in [5.41, 5.74) is 5.42. The van der Waals surface area contributed by atoms with Crippen LogP contribution < -0.4 is 10.5 Å². The van der Waals surface area contributed by atoms with Gasteiger partial charge in [-0.3, -0.25) is 0 Å². The zero-order valence-corrected chi connectivity index (χ0v) is 10.1. The highest BCUT2D eigenvalue weighted by atomic mass is 32.1. The Morgan fingerprint density at radius 1 is 1.73 bits per heavy atom. The normalized spacial score (nSPS) is 11.5. The Kier molecular flexibility index (Phi) is 5.79. The number of nitrogens with two attached hydrogens (primary N) is 1. The van der Waals surface area contributed by atoms with Gasteiger partial charge in [0, 0.05) is 17.9 Å². The summed E-state index contributed by atoms with van der Waals surface area (Å²) in [6.07, 6.45) is 3.54. The van der Waals surface area contributed by atoms with Crippen molar-refractivity contribution in [2.75, 3.05) is 13.2 Å². The van der Waals surface area contributed by atoms with Crippen LogP contribution in [0.2, 0.25) is 0 Å². The van der Waals surface area contributed by atoms with Crippen LogP contribution in [0, 0.1) is 0 Å². The van der Waals surface area contributed by atoms with E-state index < -0.39 is 0 Å². The molecule has 0 saturated heterocycles. The van der Waals surface area contributed by atoms with Gasteiger partial charge in [0.05, 0.1) is 0 Å². The third-order valence-electron chi connectivity index (χ3n) is 1.76. The highest BCUT2D eigenvalue weighted by Crippen LogP contribution is 2.10. The molecular formula is C10H14BNOS2. The van der Waals surface area contributed by atoms with Crippen molar-refractivity contribution < 1.29 is 4.65 Å². The number of thiophene rings is 1. The Bertz CT molecular complexity index is 324. The van der Waals surface area contributed by atoms with E-state index >= 15 is 0 Å². The van der Waals surface area contributed by atoms with Gasteiger partial charge in [-0.1, -0.05) is 30.9 Å². The maximum Gasteiger partial charge on any atom is 0.378 e. The molecule has 80 valence electrons. The molecule has 0 atom stereocenters. The largest absolute Gasteiger partial charge is 0.425 e. The summed E-state index contributed by atoms with van der Waals surface area (Å²) >= 11 is 6.04. The van der Waals surface area contributed by atoms with Crippen LogP contribution in [-0.2, 0) is 4.65 Å². The first kappa shape index (κ1) is 12.6. The first-order chi connectivity index (χ1) is 7.29. The van der Waals surface area contributed by atoms with Gasteiger partial charge < -0.3 is 10.4 Å². The van der Waals surface area contributed by atoms with Crippen molar-refractivity contribution in [3.05, 3.63) is 41.0 Å². The second-order valence-corrected chi connectivity index (χ2v) is 4.38. The van der Waals surface area contributed by atoms with Gasteiger partial charge in [0.1, 0.15) is 0 Å². The van der Waals surface area contributed by atoms with E-state index in [0.717, 1.165) is 9.58 Å². The highest BCUT2D eigenvalue weighted by molar-refractivity contribution is 7.87. The summed E-state index contributed by atoms with van der Waals surface area (Å²) in [4.78, 5) is 0.848. The molecule has 0 amide bonds. The van der Waals surface area contributed by atoms with E-state index in [-0.39, 0.29) is 6.92 Å². The molecule has 2 nitrogen and oxygen atoms in total. The van der Waals surface area contributed by atoms with E-state index in [1.165, 1.54) is 0 Å². The number of allylic oxidation sites excluding steroid dienone is 2. The van der Waals surface area contributed by atoms with Gasteiger partial charge in [0.25, 0.3) is 0 Å². The van der Waals surface area contributed by atoms with Crippen LogP contribution in [0.4, 0.5) is 0 Å². The zero-order chi connectivity index (χ0) is 11.1. The standard InChI is InChI=1S/C10H14BNOS2/c1-2-4-9(14)11(13-7-6-12)10-5-3-8-15-10/h2-5,8,14H,1,6-7,12H2/b9-4-. The molecule has 0 fully saturated rings. The molecular weight excluding hydrogens is 225 g/mol. The number of hydrogen-bond donors (Lipinski definition) is 2. The van der Waals surface area contributed by atoms with Crippen LogP contribution in [0.25, 0.3) is 0 Å². The van der Waals surface area contributed by atoms with Crippen LogP contribution in [0.5, 0.6) is 0 Å². The number of thiol groups is 1. The van der Waals surface area contributed by atoms with Gasteiger partial charge in [0.15, 0.2) is 0 Å². The van der Waals surface area contributed by atoms with Gasteiger partial charge in [-0.25, -0.2) is 0 Å². The molecule has 0 aliphatic heterocycles. The van der Waals surface area contributed by atoms with E-state index in [9.17, 15) is 0 Å². The molecule has 0 spiro atoms. The Balaban J connectivity index is 2.78. The van der Waals surface area contributed by atoms with Crippen molar-refractivity contribution in [1.29, 1.82) is 0 Å². The van der Waals surface area contributed by atoms with Crippen molar-refractivity contribution in [3.63, 3.8) is 0 Å². The van der Waals surface area contributed by atoms with Crippen LogP contribution in [0.15, 0.2) is 41.0 Å². The first-order valence-corrected chi connectivity index (χ1v) is 5.99. The summed E-state index contributed by atoms with van der Waals surface area (Å²) < 4.78 is 6.77. The minimum Gasteiger partial charge on any atom is -0.425 e. The van der Waals surface area contributed by atoms with Crippen molar-refractivity contribution in [2.45, 2.75) is 0 Å².